The van der Waals surface area contributed by atoms with Gasteiger partial charge in [0.2, 0.25) is 0 Å². The van der Waals surface area contributed by atoms with E-state index in [2.05, 4.69) is 20.2 Å². The first kappa shape index (κ1) is 9.23. The molecule has 0 unspecified atom stereocenters. The standard InChI is InChI=1S/C10H5ClN4O/c11-10-15-14-9(16-10)6-2-1-3-7-8(6)13-5-4-12-7/h1-5H. The van der Waals surface area contributed by atoms with Crippen molar-refractivity contribution in [2.24, 2.45) is 0 Å². The van der Waals surface area contributed by atoms with Gasteiger partial charge in [0.05, 0.1) is 11.1 Å². The summed E-state index contributed by atoms with van der Waals surface area (Å²) in [5.41, 5.74) is 2.21. The van der Waals surface area contributed by atoms with E-state index in [0.29, 0.717) is 11.4 Å². The van der Waals surface area contributed by atoms with Crippen LogP contribution in [0, 0.1) is 0 Å². The topological polar surface area (TPSA) is 64.7 Å². The molecule has 0 amide bonds. The molecule has 3 rings (SSSR count). The summed E-state index contributed by atoms with van der Waals surface area (Å²) in [6, 6.07) is 5.55. The summed E-state index contributed by atoms with van der Waals surface area (Å²) in [4.78, 5) is 8.42. The third kappa shape index (κ3) is 1.42. The summed E-state index contributed by atoms with van der Waals surface area (Å²) in [5.74, 6) is 0.344. The molecule has 0 fully saturated rings. The van der Waals surface area contributed by atoms with Crippen molar-refractivity contribution in [3.05, 3.63) is 35.9 Å². The molecule has 0 aliphatic carbocycles. The molecule has 0 bridgehead atoms. The second-order valence-corrected chi connectivity index (χ2v) is 3.41. The maximum absolute atomic E-state index is 5.59. The lowest BCUT2D eigenvalue weighted by atomic mass is 10.2. The first-order chi connectivity index (χ1) is 7.84. The van der Waals surface area contributed by atoms with E-state index in [4.69, 9.17) is 16.0 Å². The quantitative estimate of drug-likeness (QED) is 0.644. The highest BCUT2D eigenvalue weighted by Gasteiger charge is 2.11. The zero-order valence-electron chi connectivity index (χ0n) is 7.96. The molecular weight excluding hydrogens is 228 g/mol. The van der Waals surface area contributed by atoms with Crippen LogP contribution in [0.3, 0.4) is 0 Å². The maximum atomic E-state index is 5.59. The van der Waals surface area contributed by atoms with Gasteiger partial charge in [0, 0.05) is 12.4 Å². The van der Waals surface area contributed by atoms with Gasteiger partial charge in [0.15, 0.2) is 0 Å². The van der Waals surface area contributed by atoms with Crippen LogP contribution >= 0.6 is 11.6 Å². The minimum absolute atomic E-state index is 0.0101. The smallest absolute Gasteiger partial charge is 0.313 e. The van der Waals surface area contributed by atoms with Crippen LogP contribution < -0.4 is 0 Å². The fraction of sp³-hybridized carbons (Fsp3) is 0. The number of nitrogens with zero attached hydrogens (tertiary/aromatic N) is 4. The number of aromatic nitrogens is 4. The zero-order chi connectivity index (χ0) is 11.0. The van der Waals surface area contributed by atoms with E-state index in [9.17, 15) is 0 Å². The van der Waals surface area contributed by atoms with Crippen LogP contribution in [0.1, 0.15) is 0 Å². The van der Waals surface area contributed by atoms with Crippen molar-refractivity contribution in [1.29, 1.82) is 0 Å². The highest BCUT2D eigenvalue weighted by Crippen LogP contribution is 2.25. The summed E-state index contributed by atoms with van der Waals surface area (Å²) in [7, 11) is 0. The lowest BCUT2D eigenvalue weighted by Gasteiger charge is -1.99. The van der Waals surface area contributed by atoms with Gasteiger partial charge in [-0.2, -0.15) is 0 Å². The van der Waals surface area contributed by atoms with Gasteiger partial charge in [-0.1, -0.05) is 11.2 Å². The largest absolute Gasteiger partial charge is 0.407 e. The highest BCUT2D eigenvalue weighted by molar-refractivity contribution is 6.27. The summed E-state index contributed by atoms with van der Waals surface area (Å²) < 4.78 is 5.15. The lowest BCUT2D eigenvalue weighted by molar-refractivity contribution is 0.571. The predicted octanol–water partition coefficient (Wildman–Crippen LogP) is 2.33. The fourth-order valence-corrected chi connectivity index (χ4v) is 1.59. The van der Waals surface area contributed by atoms with Gasteiger partial charge in [-0.25, -0.2) is 0 Å². The average Bonchev–Trinajstić information content (AvgIpc) is 2.75. The van der Waals surface area contributed by atoms with E-state index in [-0.39, 0.29) is 5.35 Å². The lowest BCUT2D eigenvalue weighted by Crippen LogP contribution is -1.86. The molecule has 1 aromatic carbocycles. The van der Waals surface area contributed by atoms with Crippen molar-refractivity contribution in [3.63, 3.8) is 0 Å². The minimum atomic E-state index is 0.0101. The number of hydrogen-bond donors (Lipinski definition) is 0. The van der Waals surface area contributed by atoms with Crippen LogP contribution in [-0.4, -0.2) is 20.2 Å². The van der Waals surface area contributed by atoms with Gasteiger partial charge in [0.25, 0.3) is 5.89 Å². The monoisotopic (exact) mass is 232 g/mol. The van der Waals surface area contributed by atoms with Crippen LogP contribution in [0.2, 0.25) is 5.35 Å². The number of benzene rings is 1. The molecule has 2 heterocycles. The summed E-state index contributed by atoms with van der Waals surface area (Å²) in [6.07, 6.45) is 3.25. The summed E-state index contributed by atoms with van der Waals surface area (Å²) in [6.45, 7) is 0. The van der Waals surface area contributed by atoms with Crippen molar-refractivity contribution in [2.75, 3.05) is 0 Å². The van der Waals surface area contributed by atoms with Crippen molar-refractivity contribution in [3.8, 4) is 11.5 Å². The third-order valence-electron chi connectivity index (χ3n) is 2.13. The van der Waals surface area contributed by atoms with Gasteiger partial charge in [-0.15, -0.1) is 5.10 Å². The van der Waals surface area contributed by atoms with E-state index in [1.165, 1.54) is 0 Å². The Morgan fingerprint density at radius 1 is 1.06 bits per heavy atom. The molecular formula is C10H5ClN4O. The Morgan fingerprint density at radius 3 is 2.75 bits per heavy atom. The van der Waals surface area contributed by atoms with Crippen molar-refractivity contribution < 1.29 is 4.42 Å². The number of hydrogen-bond acceptors (Lipinski definition) is 5. The van der Waals surface area contributed by atoms with E-state index >= 15 is 0 Å². The molecule has 3 aromatic rings. The zero-order valence-corrected chi connectivity index (χ0v) is 8.72. The molecule has 5 nitrogen and oxygen atoms in total. The van der Waals surface area contributed by atoms with Crippen molar-refractivity contribution in [1.82, 2.24) is 20.2 Å². The van der Waals surface area contributed by atoms with E-state index in [1.54, 1.807) is 12.4 Å². The molecule has 16 heavy (non-hydrogen) atoms. The Labute approximate surface area is 95.1 Å². The normalized spacial score (nSPS) is 10.8. The van der Waals surface area contributed by atoms with Gasteiger partial charge in [-0.3, -0.25) is 9.97 Å². The maximum Gasteiger partial charge on any atom is 0.313 e. The van der Waals surface area contributed by atoms with E-state index in [1.807, 2.05) is 18.2 Å². The Bertz CT molecular complexity index is 647. The van der Waals surface area contributed by atoms with Crippen LogP contribution in [0.4, 0.5) is 0 Å². The SMILES string of the molecule is Clc1nnc(-c2cccc3nccnc23)o1. The molecule has 0 saturated heterocycles. The summed E-state index contributed by atoms with van der Waals surface area (Å²) in [5, 5.41) is 7.43. The fourth-order valence-electron chi connectivity index (χ4n) is 1.48. The molecule has 0 spiro atoms. The Balaban J connectivity index is 2.31. The number of para-hydroxylation sites is 1. The van der Waals surface area contributed by atoms with Crippen molar-refractivity contribution >= 4 is 22.6 Å². The van der Waals surface area contributed by atoms with Crippen LogP contribution in [-0.2, 0) is 0 Å². The molecule has 0 aliphatic rings. The number of halogens is 1. The Morgan fingerprint density at radius 2 is 1.94 bits per heavy atom. The predicted molar refractivity (Wildman–Crippen MR) is 57.8 cm³/mol. The van der Waals surface area contributed by atoms with Crippen LogP contribution in [0.15, 0.2) is 35.0 Å². The first-order valence-electron chi connectivity index (χ1n) is 4.54. The second kappa shape index (κ2) is 3.53. The molecule has 2 aromatic heterocycles. The van der Waals surface area contributed by atoms with Crippen LogP contribution in [0.25, 0.3) is 22.5 Å². The Hall–Kier alpha value is -2.01. The second-order valence-electron chi connectivity index (χ2n) is 3.09. The van der Waals surface area contributed by atoms with Gasteiger partial charge in [-0.05, 0) is 23.7 Å². The van der Waals surface area contributed by atoms with E-state index in [0.717, 1.165) is 11.1 Å². The third-order valence-corrected chi connectivity index (χ3v) is 2.28. The molecule has 0 aliphatic heterocycles. The number of fused-ring (bicyclic) bond motifs is 1. The average molecular weight is 233 g/mol. The van der Waals surface area contributed by atoms with Crippen molar-refractivity contribution in [2.45, 2.75) is 0 Å². The van der Waals surface area contributed by atoms with Gasteiger partial charge in [0.1, 0.15) is 5.52 Å². The number of rotatable bonds is 1. The molecule has 0 saturated carbocycles. The Kier molecular flexibility index (Phi) is 2.04. The highest BCUT2D eigenvalue weighted by atomic mass is 35.5. The minimum Gasteiger partial charge on any atom is -0.407 e. The summed E-state index contributed by atoms with van der Waals surface area (Å²) >= 11 is 5.59. The van der Waals surface area contributed by atoms with E-state index < -0.39 is 0 Å². The first-order valence-corrected chi connectivity index (χ1v) is 4.91. The van der Waals surface area contributed by atoms with Gasteiger partial charge < -0.3 is 4.42 Å². The molecule has 78 valence electrons. The molecule has 0 N–H and O–H groups in total. The molecule has 6 heteroatoms. The molecule has 0 atom stereocenters. The van der Waals surface area contributed by atoms with Gasteiger partial charge >= 0.3 is 5.35 Å². The van der Waals surface area contributed by atoms with Crippen LogP contribution in [0.5, 0.6) is 0 Å². The molecule has 0 radical (unpaired) electrons.